The quantitative estimate of drug-likeness (QED) is 0.0970. The van der Waals surface area contributed by atoms with E-state index in [1.807, 2.05) is 127 Å². The Balaban J connectivity index is 0.00000124. The van der Waals surface area contributed by atoms with E-state index >= 15 is 0 Å². The van der Waals surface area contributed by atoms with Gasteiger partial charge in [-0.2, -0.15) is 0 Å². The van der Waals surface area contributed by atoms with Gasteiger partial charge in [0, 0.05) is 24.5 Å². The number of ketones is 1. The van der Waals surface area contributed by atoms with E-state index in [1.165, 1.54) is 11.1 Å². The average molecular weight is 589 g/mol. The Hall–Kier alpha value is -4.12. The highest BCUT2D eigenvalue weighted by Gasteiger charge is 2.13. The van der Waals surface area contributed by atoms with E-state index in [2.05, 4.69) is 19.9 Å². The highest BCUT2D eigenvalue weighted by molar-refractivity contribution is 5.97. The number of hydrogen-bond donors (Lipinski definition) is 1. The van der Waals surface area contributed by atoms with Crippen molar-refractivity contribution in [3.05, 3.63) is 119 Å². The number of carboxylic acid groups (broad SMARTS) is 1. The van der Waals surface area contributed by atoms with Crippen molar-refractivity contribution in [1.29, 1.82) is 0 Å². The molecule has 0 atom stereocenters. The molecule has 2 rings (SSSR count). The van der Waals surface area contributed by atoms with Gasteiger partial charge in [-0.15, -0.1) is 0 Å². The van der Waals surface area contributed by atoms with E-state index in [-0.39, 0.29) is 12.2 Å². The van der Waals surface area contributed by atoms with E-state index in [0.29, 0.717) is 36.5 Å². The average Bonchev–Trinajstić information content (AvgIpc) is 3.02. The molecule has 0 aliphatic carbocycles. The van der Waals surface area contributed by atoms with E-state index in [9.17, 15) is 9.59 Å². The van der Waals surface area contributed by atoms with Gasteiger partial charge in [0.2, 0.25) is 0 Å². The molecule has 0 aliphatic rings. The minimum Gasteiger partial charge on any atom is -0.489 e. The zero-order chi connectivity index (χ0) is 32.5. The van der Waals surface area contributed by atoms with Crippen molar-refractivity contribution < 1.29 is 24.2 Å². The zero-order valence-corrected chi connectivity index (χ0v) is 27.5. The molecule has 234 valence electrons. The molecule has 0 saturated carbocycles. The summed E-state index contributed by atoms with van der Waals surface area (Å²) < 4.78 is 11.9. The summed E-state index contributed by atoms with van der Waals surface area (Å²) in [6.07, 6.45) is 15.0. The zero-order valence-electron chi connectivity index (χ0n) is 27.5. The maximum absolute atomic E-state index is 13.0. The topological polar surface area (TPSA) is 72.8 Å². The first kappa shape index (κ1) is 38.9. The van der Waals surface area contributed by atoms with Crippen molar-refractivity contribution in [3.63, 3.8) is 0 Å². The monoisotopic (exact) mass is 588 g/mol. The lowest BCUT2D eigenvalue weighted by molar-refractivity contribution is -0.136. The summed E-state index contributed by atoms with van der Waals surface area (Å²) in [6, 6.07) is 17.2. The Bertz CT molecular complexity index is 1230. The molecule has 0 radical (unpaired) electrons. The van der Waals surface area contributed by atoms with Crippen LogP contribution in [0.5, 0.6) is 11.5 Å². The fraction of sp³-hybridized carbons (Fsp3) is 0.368. The SMILES string of the molecule is C/C=C\COc1cccc(OC(/C=C\C(=C/C)CC)=C(/C)C(=O)Cc2ccccc2)c1.CC.CC/C(C)=C/CCC(=O)O. The highest BCUT2D eigenvalue weighted by Crippen LogP contribution is 2.24. The second-order valence-corrected chi connectivity index (χ2v) is 9.42. The molecule has 0 bridgehead atoms. The first-order valence-electron chi connectivity index (χ1n) is 15.2. The number of benzene rings is 2. The van der Waals surface area contributed by atoms with Gasteiger partial charge in [-0.25, -0.2) is 0 Å². The van der Waals surface area contributed by atoms with Crippen LogP contribution in [0.15, 0.2) is 114 Å². The summed E-state index contributed by atoms with van der Waals surface area (Å²) >= 11 is 0. The van der Waals surface area contributed by atoms with Crippen LogP contribution in [0.4, 0.5) is 0 Å². The van der Waals surface area contributed by atoms with Gasteiger partial charge >= 0.3 is 5.97 Å². The van der Waals surface area contributed by atoms with Crippen LogP contribution in [0.25, 0.3) is 0 Å². The fourth-order valence-corrected chi connectivity index (χ4v) is 3.47. The standard InChI is InChI=1S/C28H32O3.C8H14O2.C2H6/c1-5-8-19-30-25-15-12-16-26(21-25)31-28(18-17-23(6-2)7-3)22(4)27(29)20-24-13-10-9-11-14-24;1-3-7(2)5-4-6-8(9)10;1-2/h5-6,8-18,21H,7,19-20H2,1-4H3;5H,3-4,6H2,1-2H3,(H,9,10);1-2H3/b8-5-,18-17-,23-6-,28-22-;7-5+;. The van der Waals surface area contributed by atoms with Crippen LogP contribution in [0.3, 0.4) is 0 Å². The van der Waals surface area contributed by atoms with E-state index in [0.717, 1.165) is 24.2 Å². The summed E-state index contributed by atoms with van der Waals surface area (Å²) in [5.41, 5.74) is 4.01. The van der Waals surface area contributed by atoms with Gasteiger partial charge in [0.1, 0.15) is 23.9 Å². The van der Waals surface area contributed by atoms with Crippen LogP contribution >= 0.6 is 0 Å². The van der Waals surface area contributed by atoms with Gasteiger partial charge in [-0.05, 0) is 70.7 Å². The predicted octanol–water partition coefficient (Wildman–Crippen LogP) is 10.3. The number of hydrogen-bond acceptors (Lipinski definition) is 4. The third-order valence-electron chi connectivity index (χ3n) is 6.25. The van der Waals surface area contributed by atoms with Crippen molar-refractivity contribution in [2.75, 3.05) is 6.61 Å². The second-order valence-electron chi connectivity index (χ2n) is 9.42. The van der Waals surface area contributed by atoms with E-state index in [4.69, 9.17) is 14.6 Å². The number of carbonyl (C=O) groups is 2. The number of ether oxygens (including phenoxy) is 2. The Morgan fingerprint density at radius 3 is 2.14 bits per heavy atom. The smallest absolute Gasteiger partial charge is 0.303 e. The first-order chi connectivity index (χ1) is 20.7. The van der Waals surface area contributed by atoms with Crippen LogP contribution < -0.4 is 9.47 Å². The summed E-state index contributed by atoms with van der Waals surface area (Å²) in [5.74, 6) is 1.20. The van der Waals surface area contributed by atoms with Crippen molar-refractivity contribution in [2.45, 2.75) is 87.5 Å². The third-order valence-corrected chi connectivity index (χ3v) is 6.25. The van der Waals surface area contributed by atoms with Crippen LogP contribution in [0.2, 0.25) is 0 Å². The van der Waals surface area contributed by atoms with Gasteiger partial charge in [-0.3, -0.25) is 9.59 Å². The van der Waals surface area contributed by atoms with Crippen molar-refractivity contribution in [3.8, 4) is 11.5 Å². The van der Waals surface area contributed by atoms with Gasteiger partial charge in [-0.1, -0.05) is 106 Å². The molecule has 0 unspecified atom stereocenters. The Morgan fingerprint density at radius 1 is 0.884 bits per heavy atom. The van der Waals surface area contributed by atoms with Crippen molar-refractivity contribution in [2.24, 2.45) is 0 Å². The Kier molecular flexibility index (Phi) is 22.1. The van der Waals surface area contributed by atoms with Gasteiger partial charge in [0.05, 0.1) is 0 Å². The molecule has 0 aliphatic heterocycles. The lowest BCUT2D eigenvalue weighted by Crippen LogP contribution is -2.09. The molecule has 43 heavy (non-hydrogen) atoms. The molecule has 0 spiro atoms. The minimum absolute atomic E-state index is 0.0323. The number of carboxylic acids is 1. The Labute approximate surface area is 260 Å². The first-order valence-corrected chi connectivity index (χ1v) is 15.2. The summed E-state index contributed by atoms with van der Waals surface area (Å²) in [4.78, 5) is 23.0. The molecule has 1 N–H and O–H groups in total. The summed E-state index contributed by atoms with van der Waals surface area (Å²) in [7, 11) is 0. The number of aliphatic carboxylic acids is 1. The van der Waals surface area contributed by atoms with Crippen LogP contribution in [-0.4, -0.2) is 23.5 Å². The molecule has 2 aromatic rings. The number of rotatable bonds is 15. The summed E-state index contributed by atoms with van der Waals surface area (Å²) in [5, 5.41) is 8.27. The van der Waals surface area contributed by atoms with Crippen LogP contribution in [-0.2, 0) is 16.0 Å². The number of carbonyl (C=O) groups excluding carboxylic acids is 1. The number of Topliss-reactive ketones (excluding diaryl/α,β-unsaturated/α-hetero) is 1. The molecular formula is C38H52O5. The maximum atomic E-state index is 13.0. The molecule has 0 fully saturated rings. The molecule has 0 amide bonds. The Morgan fingerprint density at radius 2 is 1.56 bits per heavy atom. The van der Waals surface area contributed by atoms with Gasteiger partial charge < -0.3 is 14.6 Å². The highest BCUT2D eigenvalue weighted by atomic mass is 16.5. The lowest BCUT2D eigenvalue weighted by atomic mass is 10.0. The molecule has 2 aromatic carbocycles. The predicted molar refractivity (Wildman–Crippen MR) is 181 cm³/mol. The fourth-order valence-electron chi connectivity index (χ4n) is 3.47. The second kappa shape index (κ2) is 24.5. The maximum Gasteiger partial charge on any atom is 0.303 e. The third kappa shape index (κ3) is 18.1. The van der Waals surface area contributed by atoms with E-state index in [1.54, 1.807) is 0 Å². The van der Waals surface area contributed by atoms with Crippen LogP contribution in [0, 0.1) is 0 Å². The number of allylic oxidation sites excluding steroid dienone is 8. The molecule has 5 nitrogen and oxygen atoms in total. The molecule has 0 aromatic heterocycles. The lowest BCUT2D eigenvalue weighted by Gasteiger charge is -2.12. The van der Waals surface area contributed by atoms with E-state index < -0.39 is 5.97 Å². The largest absolute Gasteiger partial charge is 0.489 e. The molecule has 5 heteroatoms. The molecule has 0 saturated heterocycles. The van der Waals surface area contributed by atoms with Crippen molar-refractivity contribution >= 4 is 11.8 Å². The van der Waals surface area contributed by atoms with Crippen molar-refractivity contribution in [1.82, 2.24) is 0 Å². The minimum atomic E-state index is -0.722. The van der Waals surface area contributed by atoms with Gasteiger partial charge in [0.15, 0.2) is 5.78 Å². The van der Waals surface area contributed by atoms with Gasteiger partial charge in [0.25, 0.3) is 0 Å². The summed E-state index contributed by atoms with van der Waals surface area (Å²) in [6.45, 7) is 16.5. The molecule has 0 heterocycles. The normalized spacial score (nSPS) is 12.1. The van der Waals surface area contributed by atoms with Crippen LogP contribution in [0.1, 0.15) is 86.6 Å². The molecular weight excluding hydrogens is 536 g/mol.